The van der Waals surface area contributed by atoms with Crippen LogP contribution in [0.25, 0.3) is 10.9 Å². The molecule has 3 aromatic rings. The number of aromatic nitrogens is 1. The summed E-state index contributed by atoms with van der Waals surface area (Å²) in [6, 6.07) is 12.8. The van der Waals surface area contributed by atoms with Gasteiger partial charge in [-0.05, 0) is 50.1 Å². The first kappa shape index (κ1) is 32.9. The summed E-state index contributed by atoms with van der Waals surface area (Å²) in [4.78, 5) is 25.4. The molecule has 5 rings (SSSR count). The molecular weight excluding hydrogens is 626 g/mol. The minimum absolute atomic E-state index is 0.0891. The second kappa shape index (κ2) is 13.1. The number of amides is 1. The van der Waals surface area contributed by atoms with E-state index in [0.29, 0.717) is 36.7 Å². The Bertz CT molecular complexity index is 1830. The highest BCUT2D eigenvalue weighted by atomic mass is 32.2. The largest absolute Gasteiger partial charge is 0.491 e. The van der Waals surface area contributed by atoms with Gasteiger partial charge in [0.1, 0.15) is 29.5 Å². The third-order valence-corrected chi connectivity index (χ3v) is 11.2. The SMILES string of the molecule is CCn1cc(S(=O)(=O)N2CCC3(CC2)C[C@@H](OC(=O)NCC(O)COc2cccc(S(C)(=O)=O)c2)CO3)c(=O)c2ccccc21. The summed E-state index contributed by atoms with van der Waals surface area (Å²) < 4.78 is 70.6. The normalized spacial score (nSPS) is 19.4. The molecule has 2 aliphatic rings. The third-order valence-electron chi connectivity index (χ3n) is 8.15. The lowest BCUT2D eigenvalue weighted by Gasteiger charge is -2.37. The fourth-order valence-corrected chi connectivity index (χ4v) is 7.91. The van der Waals surface area contributed by atoms with E-state index in [2.05, 4.69) is 5.32 Å². The summed E-state index contributed by atoms with van der Waals surface area (Å²) in [5.74, 6) is 0.266. The molecule has 2 saturated heterocycles. The summed E-state index contributed by atoms with van der Waals surface area (Å²) in [5.41, 5.74) is -0.501. The summed E-state index contributed by atoms with van der Waals surface area (Å²) in [7, 11) is -7.46. The lowest BCUT2D eigenvalue weighted by molar-refractivity contribution is -0.0325. The van der Waals surface area contributed by atoms with E-state index < -0.39 is 49.2 Å². The van der Waals surface area contributed by atoms with Crippen LogP contribution in [0.2, 0.25) is 0 Å². The van der Waals surface area contributed by atoms with E-state index in [1.165, 1.54) is 28.7 Å². The van der Waals surface area contributed by atoms with Gasteiger partial charge in [0.05, 0.1) is 29.2 Å². The topological polar surface area (TPSA) is 171 Å². The average molecular weight is 664 g/mol. The molecule has 1 aromatic heterocycles. The molecule has 2 aromatic carbocycles. The van der Waals surface area contributed by atoms with Crippen molar-refractivity contribution in [2.75, 3.05) is 39.1 Å². The Morgan fingerprint density at radius 3 is 2.58 bits per heavy atom. The second-order valence-electron chi connectivity index (χ2n) is 11.3. The van der Waals surface area contributed by atoms with E-state index in [4.69, 9.17) is 14.2 Å². The highest BCUT2D eigenvalue weighted by Gasteiger charge is 2.46. The summed E-state index contributed by atoms with van der Waals surface area (Å²) in [6.45, 7) is 2.49. The number of pyridine rings is 1. The highest BCUT2D eigenvalue weighted by molar-refractivity contribution is 7.90. The Balaban J connectivity index is 1.10. The van der Waals surface area contributed by atoms with Crippen LogP contribution in [0.4, 0.5) is 4.79 Å². The summed E-state index contributed by atoms with van der Waals surface area (Å²) >= 11 is 0. The number of fused-ring (bicyclic) bond motifs is 1. The van der Waals surface area contributed by atoms with Gasteiger partial charge in [0.25, 0.3) is 0 Å². The Hall–Kier alpha value is -3.50. The van der Waals surface area contributed by atoms with Crippen LogP contribution in [0.3, 0.4) is 0 Å². The highest BCUT2D eigenvalue weighted by Crippen LogP contribution is 2.38. The minimum atomic E-state index is -4.05. The van der Waals surface area contributed by atoms with Crippen LogP contribution in [0.1, 0.15) is 26.2 Å². The second-order valence-corrected chi connectivity index (χ2v) is 15.3. The van der Waals surface area contributed by atoms with Crippen molar-refractivity contribution in [1.82, 2.24) is 14.2 Å². The number of aryl methyl sites for hydroxylation is 1. The number of carbonyl (C=O) groups is 1. The number of para-hydroxylation sites is 1. The van der Waals surface area contributed by atoms with Gasteiger partial charge in [-0.25, -0.2) is 21.6 Å². The number of ether oxygens (including phenoxy) is 3. The number of aliphatic hydroxyl groups is 1. The van der Waals surface area contributed by atoms with E-state index in [1.54, 1.807) is 34.9 Å². The predicted octanol–water partition coefficient (Wildman–Crippen LogP) is 1.90. The van der Waals surface area contributed by atoms with Crippen LogP contribution in [0, 0.1) is 0 Å². The summed E-state index contributed by atoms with van der Waals surface area (Å²) in [6.07, 6.45) is 1.24. The number of alkyl carbamates (subject to hydrolysis) is 1. The fourth-order valence-electron chi connectivity index (χ4n) is 5.70. The molecule has 15 heteroatoms. The van der Waals surface area contributed by atoms with Crippen molar-refractivity contribution >= 4 is 36.9 Å². The van der Waals surface area contributed by atoms with Crippen LogP contribution in [-0.2, 0) is 35.9 Å². The van der Waals surface area contributed by atoms with Gasteiger partial charge in [-0.15, -0.1) is 0 Å². The quantitative estimate of drug-likeness (QED) is 0.327. The molecule has 45 heavy (non-hydrogen) atoms. The Morgan fingerprint density at radius 2 is 1.87 bits per heavy atom. The average Bonchev–Trinajstić information content (AvgIpc) is 3.40. The molecule has 0 radical (unpaired) electrons. The van der Waals surface area contributed by atoms with Crippen molar-refractivity contribution in [3.05, 3.63) is 65.0 Å². The molecule has 3 heterocycles. The number of hydrogen-bond donors (Lipinski definition) is 2. The van der Waals surface area contributed by atoms with Gasteiger partial charge in [-0.3, -0.25) is 4.79 Å². The fraction of sp³-hybridized carbons (Fsp3) is 0.467. The van der Waals surface area contributed by atoms with E-state index in [0.717, 1.165) is 6.26 Å². The molecule has 244 valence electrons. The molecular formula is C30H37N3O10S2. The van der Waals surface area contributed by atoms with Crippen LogP contribution < -0.4 is 15.5 Å². The number of benzene rings is 2. The Morgan fingerprint density at radius 1 is 1.13 bits per heavy atom. The molecule has 13 nitrogen and oxygen atoms in total. The van der Waals surface area contributed by atoms with Crippen LogP contribution in [-0.4, -0.2) is 93.8 Å². The Labute approximate surface area is 261 Å². The van der Waals surface area contributed by atoms with Crippen molar-refractivity contribution in [3.8, 4) is 5.75 Å². The van der Waals surface area contributed by atoms with Gasteiger partial charge in [0.15, 0.2) is 9.84 Å². The van der Waals surface area contributed by atoms with Crippen molar-refractivity contribution in [1.29, 1.82) is 0 Å². The number of sulfone groups is 1. The molecule has 0 aliphatic carbocycles. The molecule has 2 aliphatic heterocycles. The zero-order chi connectivity index (χ0) is 32.4. The van der Waals surface area contributed by atoms with Crippen molar-refractivity contribution in [3.63, 3.8) is 0 Å². The number of carbonyl (C=O) groups excluding carboxylic acids is 1. The first-order valence-corrected chi connectivity index (χ1v) is 18.0. The maximum Gasteiger partial charge on any atom is 0.407 e. The lowest BCUT2D eigenvalue weighted by atomic mass is 9.89. The van der Waals surface area contributed by atoms with Gasteiger partial charge < -0.3 is 29.2 Å². The zero-order valence-corrected chi connectivity index (χ0v) is 26.7. The molecule has 1 unspecified atom stereocenters. The molecule has 0 saturated carbocycles. The van der Waals surface area contributed by atoms with Gasteiger partial charge in [-0.1, -0.05) is 18.2 Å². The Kier molecular flexibility index (Phi) is 9.56. The standard InChI is InChI=1S/C30H37N3O10S2/c1-3-32-18-27(28(35)25-9-4-5-10-26(25)32)45(39,40)33-13-11-30(12-14-33)16-23(20-42-30)43-29(36)31-17-21(34)19-41-22-7-6-8-24(15-22)44(2,37)38/h4-10,15,18,21,23,34H,3,11-14,16-17,19-20H2,1-2H3,(H,31,36)/t21?,23-/m1/s1. The summed E-state index contributed by atoms with van der Waals surface area (Å²) in [5, 5.41) is 13.0. The lowest BCUT2D eigenvalue weighted by Crippen LogP contribution is -2.47. The van der Waals surface area contributed by atoms with Crippen molar-refractivity contribution < 1.29 is 40.9 Å². The van der Waals surface area contributed by atoms with Crippen LogP contribution in [0.5, 0.6) is 5.75 Å². The number of rotatable bonds is 10. The number of sulfonamides is 1. The van der Waals surface area contributed by atoms with Crippen LogP contribution >= 0.6 is 0 Å². The number of piperidine rings is 1. The maximum absolute atomic E-state index is 13.6. The van der Waals surface area contributed by atoms with E-state index >= 15 is 0 Å². The first-order valence-electron chi connectivity index (χ1n) is 14.6. The number of aliphatic hydroxyl groups excluding tert-OH is 1. The molecule has 2 N–H and O–H groups in total. The van der Waals surface area contributed by atoms with Crippen molar-refractivity contribution in [2.45, 2.75) is 60.3 Å². The van der Waals surface area contributed by atoms with Gasteiger partial charge in [0.2, 0.25) is 15.5 Å². The van der Waals surface area contributed by atoms with E-state index in [-0.39, 0.29) is 48.4 Å². The zero-order valence-electron chi connectivity index (χ0n) is 25.0. The number of hydrogen-bond acceptors (Lipinski definition) is 10. The van der Waals surface area contributed by atoms with Crippen molar-refractivity contribution in [2.24, 2.45) is 0 Å². The maximum atomic E-state index is 13.6. The molecule has 0 bridgehead atoms. The van der Waals surface area contributed by atoms with Crippen LogP contribution in [0.15, 0.2) is 69.3 Å². The molecule has 2 atom stereocenters. The molecule has 2 fully saturated rings. The predicted molar refractivity (Wildman–Crippen MR) is 165 cm³/mol. The van der Waals surface area contributed by atoms with Gasteiger partial charge in [-0.2, -0.15) is 4.31 Å². The van der Waals surface area contributed by atoms with Gasteiger partial charge >= 0.3 is 6.09 Å². The third kappa shape index (κ3) is 7.33. The number of nitrogens with zero attached hydrogens (tertiary/aromatic N) is 2. The minimum Gasteiger partial charge on any atom is -0.491 e. The first-order chi connectivity index (χ1) is 21.3. The smallest absolute Gasteiger partial charge is 0.407 e. The van der Waals surface area contributed by atoms with E-state index in [1.807, 2.05) is 6.92 Å². The number of nitrogens with one attached hydrogen (secondary N) is 1. The molecule has 1 amide bonds. The molecule has 1 spiro atoms. The monoisotopic (exact) mass is 663 g/mol. The van der Waals surface area contributed by atoms with E-state index in [9.17, 15) is 31.5 Å². The van der Waals surface area contributed by atoms with Gasteiger partial charge in [0, 0.05) is 43.9 Å².